The second kappa shape index (κ2) is 6.77. The molecule has 116 valence electrons. The van der Waals surface area contributed by atoms with Crippen molar-refractivity contribution in [1.29, 1.82) is 0 Å². The van der Waals surface area contributed by atoms with Gasteiger partial charge >= 0.3 is 0 Å². The third-order valence-corrected chi connectivity index (χ3v) is 4.32. The van der Waals surface area contributed by atoms with Gasteiger partial charge < -0.3 is 10.3 Å². The number of nitrogens with zero attached hydrogens (tertiary/aromatic N) is 1. The van der Waals surface area contributed by atoms with Crippen molar-refractivity contribution in [3.05, 3.63) is 53.1 Å². The number of rotatable bonds is 5. The van der Waals surface area contributed by atoms with E-state index in [0.717, 1.165) is 55.9 Å². The van der Waals surface area contributed by atoms with Crippen LogP contribution in [0.2, 0.25) is 0 Å². The monoisotopic (exact) mass is 297 g/mol. The Kier molecular flexibility index (Phi) is 4.56. The van der Waals surface area contributed by atoms with Crippen molar-refractivity contribution in [2.75, 3.05) is 6.54 Å². The number of benzene rings is 1. The summed E-state index contributed by atoms with van der Waals surface area (Å²) in [6.45, 7) is 2.72. The van der Waals surface area contributed by atoms with E-state index in [1.54, 1.807) is 0 Å². The van der Waals surface area contributed by atoms with Gasteiger partial charge in [0.25, 0.3) is 0 Å². The molecule has 0 spiro atoms. The highest BCUT2D eigenvalue weighted by atomic mass is 16.1. The molecular formula is C18H23N3O. The number of fused-ring (bicyclic) bond motifs is 1. The predicted octanol–water partition coefficient (Wildman–Crippen LogP) is 2.57. The minimum Gasteiger partial charge on any atom is -0.356 e. The minimum absolute atomic E-state index is 0.0871. The molecule has 1 heterocycles. The molecule has 0 bridgehead atoms. The van der Waals surface area contributed by atoms with Crippen molar-refractivity contribution in [2.24, 2.45) is 5.92 Å². The summed E-state index contributed by atoms with van der Waals surface area (Å²) in [5, 5.41) is 3.09. The van der Waals surface area contributed by atoms with E-state index in [0.29, 0.717) is 0 Å². The molecular weight excluding hydrogens is 274 g/mol. The lowest BCUT2D eigenvalue weighted by molar-refractivity contribution is -0.125. The van der Waals surface area contributed by atoms with Crippen molar-refractivity contribution >= 4 is 5.91 Å². The SMILES string of the molecule is Cc1nc2c([nH]1)CC(C(=O)NCCCc1ccccc1)CC2. The lowest BCUT2D eigenvalue weighted by atomic mass is 9.89. The summed E-state index contributed by atoms with van der Waals surface area (Å²) in [6, 6.07) is 10.4. The fourth-order valence-corrected chi connectivity index (χ4v) is 3.14. The van der Waals surface area contributed by atoms with E-state index >= 15 is 0 Å². The summed E-state index contributed by atoms with van der Waals surface area (Å²) < 4.78 is 0. The fraction of sp³-hybridized carbons (Fsp3) is 0.444. The Bertz CT molecular complexity index is 633. The van der Waals surface area contributed by atoms with E-state index in [-0.39, 0.29) is 11.8 Å². The number of aromatic amines is 1. The fourth-order valence-electron chi connectivity index (χ4n) is 3.14. The molecule has 1 amide bonds. The van der Waals surface area contributed by atoms with Gasteiger partial charge in [0.15, 0.2) is 0 Å². The zero-order chi connectivity index (χ0) is 15.4. The lowest BCUT2D eigenvalue weighted by Crippen LogP contribution is -2.34. The first kappa shape index (κ1) is 14.8. The topological polar surface area (TPSA) is 57.8 Å². The molecule has 1 aromatic carbocycles. The van der Waals surface area contributed by atoms with Gasteiger partial charge in [-0.15, -0.1) is 0 Å². The molecule has 0 aliphatic heterocycles. The maximum absolute atomic E-state index is 12.3. The van der Waals surface area contributed by atoms with Crippen LogP contribution in [-0.4, -0.2) is 22.4 Å². The molecule has 1 atom stereocenters. The Morgan fingerprint density at radius 1 is 1.36 bits per heavy atom. The third-order valence-electron chi connectivity index (χ3n) is 4.32. The van der Waals surface area contributed by atoms with Crippen molar-refractivity contribution in [3.8, 4) is 0 Å². The number of aromatic nitrogens is 2. The van der Waals surface area contributed by atoms with Gasteiger partial charge in [0, 0.05) is 24.6 Å². The highest BCUT2D eigenvalue weighted by Crippen LogP contribution is 2.23. The molecule has 0 fully saturated rings. The van der Waals surface area contributed by atoms with E-state index in [9.17, 15) is 4.79 Å². The molecule has 1 aliphatic rings. The van der Waals surface area contributed by atoms with Crippen LogP contribution in [0, 0.1) is 12.8 Å². The van der Waals surface area contributed by atoms with Crippen LogP contribution in [0.15, 0.2) is 30.3 Å². The Morgan fingerprint density at radius 3 is 3.00 bits per heavy atom. The van der Waals surface area contributed by atoms with Gasteiger partial charge in [0.05, 0.1) is 5.69 Å². The van der Waals surface area contributed by atoms with Gasteiger partial charge in [-0.25, -0.2) is 4.98 Å². The van der Waals surface area contributed by atoms with Gasteiger partial charge in [0.1, 0.15) is 5.82 Å². The van der Waals surface area contributed by atoms with E-state index in [4.69, 9.17) is 0 Å². The average Bonchev–Trinajstić information content (AvgIpc) is 2.91. The van der Waals surface area contributed by atoms with Crippen LogP contribution in [0.4, 0.5) is 0 Å². The molecule has 4 nitrogen and oxygen atoms in total. The van der Waals surface area contributed by atoms with Crippen molar-refractivity contribution in [3.63, 3.8) is 0 Å². The quantitative estimate of drug-likeness (QED) is 0.833. The smallest absolute Gasteiger partial charge is 0.223 e. The maximum atomic E-state index is 12.3. The number of amides is 1. The summed E-state index contributed by atoms with van der Waals surface area (Å²) in [4.78, 5) is 20.0. The largest absolute Gasteiger partial charge is 0.356 e. The predicted molar refractivity (Wildman–Crippen MR) is 86.6 cm³/mol. The Morgan fingerprint density at radius 2 is 2.18 bits per heavy atom. The first-order valence-electron chi connectivity index (χ1n) is 8.08. The molecule has 0 saturated heterocycles. The number of hydrogen-bond acceptors (Lipinski definition) is 2. The normalized spacial score (nSPS) is 17.0. The summed E-state index contributed by atoms with van der Waals surface area (Å²) in [7, 11) is 0. The van der Waals surface area contributed by atoms with Crippen molar-refractivity contribution in [1.82, 2.24) is 15.3 Å². The lowest BCUT2D eigenvalue weighted by Gasteiger charge is -2.20. The average molecular weight is 297 g/mol. The van der Waals surface area contributed by atoms with Gasteiger partial charge in [-0.1, -0.05) is 30.3 Å². The highest BCUT2D eigenvalue weighted by Gasteiger charge is 2.26. The Balaban J connectivity index is 1.43. The van der Waals surface area contributed by atoms with E-state index < -0.39 is 0 Å². The van der Waals surface area contributed by atoms with Crippen molar-refractivity contribution in [2.45, 2.75) is 39.0 Å². The molecule has 22 heavy (non-hydrogen) atoms. The van der Waals surface area contributed by atoms with Crippen LogP contribution in [-0.2, 0) is 24.1 Å². The standard InChI is InChI=1S/C18H23N3O/c1-13-20-16-10-9-15(12-17(16)21-13)18(22)19-11-5-8-14-6-3-2-4-7-14/h2-4,6-7,15H,5,8-12H2,1H3,(H,19,22)(H,20,21). The van der Waals surface area contributed by atoms with E-state index in [1.165, 1.54) is 5.56 Å². The first-order chi connectivity index (χ1) is 10.7. The van der Waals surface area contributed by atoms with Gasteiger partial charge in [-0.3, -0.25) is 4.79 Å². The van der Waals surface area contributed by atoms with Crippen molar-refractivity contribution < 1.29 is 4.79 Å². The molecule has 1 unspecified atom stereocenters. The minimum atomic E-state index is 0.0871. The molecule has 2 aromatic rings. The maximum Gasteiger partial charge on any atom is 0.223 e. The highest BCUT2D eigenvalue weighted by molar-refractivity contribution is 5.79. The van der Waals surface area contributed by atoms with Crippen LogP contribution in [0.1, 0.15) is 35.6 Å². The van der Waals surface area contributed by atoms with Crippen LogP contribution >= 0.6 is 0 Å². The van der Waals surface area contributed by atoms with Crippen LogP contribution in [0.3, 0.4) is 0 Å². The second-order valence-corrected chi connectivity index (χ2v) is 6.07. The summed E-state index contributed by atoms with van der Waals surface area (Å²) in [6.07, 6.45) is 4.59. The molecule has 4 heteroatoms. The van der Waals surface area contributed by atoms with Gasteiger partial charge in [-0.05, 0) is 38.2 Å². The molecule has 2 N–H and O–H groups in total. The van der Waals surface area contributed by atoms with E-state index in [2.05, 4.69) is 39.6 Å². The number of aryl methyl sites for hydroxylation is 3. The number of H-pyrrole nitrogens is 1. The van der Waals surface area contributed by atoms with Crippen LogP contribution in [0.25, 0.3) is 0 Å². The summed E-state index contributed by atoms with van der Waals surface area (Å²) in [5.41, 5.74) is 3.62. The van der Waals surface area contributed by atoms with Gasteiger partial charge in [-0.2, -0.15) is 0 Å². The summed E-state index contributed by atoms with van der Waals surface area (Å²) in [5.74, 6) is 1.23. The number of carbonyl (C=O) groups excluding carboxylic acids is 1. The number of hydrogen-bond donors (Lipinski definition) is 2. The zero-order valence-electron chi connectivity index (χ0n) is 13.1. The first-order valence-corrected chi connectivity index (χ1v) is 8.08. The number of imidazole rings is 1. The van der Waals surface area contributed by atoms with Gasteiger partial charge in [0.2, 0.25) is 5.91 Å². The molecule has 3 rings (SSSR count). The second-order valence-electron chi connectivity index (χ2n) is 6.07. The summed E-state index contributed by atoms with van der Waals surface area (Å²) >= 11 is 0. The molecule has 0 radical (unpaired) electrons. The number of nitrogens with one attached hydrogen (secondary N) is 2. The Hall–Kier alpha value is -2.10. The van der Waals surface area contributed by atoms with Crippen LogP contribution in [0.5, 0.6) is 0 Å². The molecule has 1 aliphatic carbocycles. The molecule has 1 aromatic heterocycles. The molecule has 0 saturated carbocycles. The zero-order valence-corrected chi connectivity index (χ0v) is 13.1. The third kappa shape index (κ3) is 3.56. The van der Waals surface area contributed by atoms with Crippen LogP contribution < -0.4 is 5.32 Å². The Labute approximate surface area is 131 Å². The number of carbonyl (C=O) groups is 1. The van der Waals surface area contributed by atoms with E-state index in [1.807, 2.05) is 13.0 Å².